The molecule has 21 heavy (non-hydrogen) atoms. The number of rotatable bonds is 4. The van der Waals surface area contributed by atoms with Crippen LogP contribution in [-0.4, -0.2) is 18.8 Å². The predicted octanol–water partition coefficient (Wildman–Crippen LogP) is 5.01. The van der Waals surface area contributed by atoms with E-state index in [-0.39, 0.29) is 0 Å². The summed E-state index contributed by atoms with van der Waals surface area (Å²) in [4.78, 5) is 1.41. The van der Waals surface area contributed by atoms with Crippen molar-refractivity contribution in [2.24, 2.45) is 0 Å². The lowest BCUT2D eigenvalue weighted by molar-refractivity contribution is 0.489. The second kappa shape index (κ2) is 6.62. The van der Waals surface area contributed by atoms with Crippen LogP contribution in [0.3, 0.4) is 0 Å². The van der Waals surface area contributed by atoms with Gasteiger partial charge in [-0.1, -0.05) is 47.5 Å². The molecule has 0 saturated carbocycles. The van der Waals surface area contributed by atoms with Crippen LogP contribution < -0.4 is 5.32 Å². The van der Waals surface area contributed by atoms with Gasteiger partial charge >= 0.3 is 0 Å². The van der Waals surface area contributed by atoms with Crippen LogP contribution in [0.25, 0.3) is 0 Å². The average molecular weight is 338 g/mol. The number of hydrogen-bond donors (Lipinski definition) is 1. The zero-order valence-corrected chi connectivity index (χ0v) is 14.1. The van der Waals surface area contributed by atoms with Gasteiger partial charge in [-0.15, -0.1) is 11.8 Å². The van der Waals surface area contributed by atoms with Crippen LogP contribution >= 0.6 is 35.0 Å². The van der Waals surface area contributed by atoms with Crippen molar-refractivity contribution >= 4 is 35.0 Å². The van der Waals surface area contributed by atoms with Gasteiger partial charge in [-0.3, -0.25) is 0 Å². The van der Waals surface area contributed by atoms with Crippen molar-refractivity contribution < 1.29 is 0 Å². The molecule has 1 aliphatic rings. The standard InChI is InChI=1S/C17H17Cl2NS/c1-20-16(8-11-6-7-12(18)9-15(11)19)14-10-21-17-5-3-2-4-13(14)17/h2-7,9,14,16,20H,8,10H2,1H3. The van der Waals surface area contributed by atoms with E-state index in [0.717, 1.165) is 22.8 Å². The monoisotopic (exact) mass is 337 g/mol. The minimum Gasteiger partial charge on any atom is -0.316 e. The Morgan fingerprint density at radius 3 is 2.81 bits per heavy atom. The zero-order valence-electron chi connectivity index (χ0n) is 11.8. The minimum absolute atomic E-state index is 0.375. The summed E-state index contributed by atoms with van der Waals surface area (Å²) in [5.74, 6) is 1.64. The third-order valence-electron chi connectivity index (χ3n) is 4.05. The van der Waals surface area contributed by atoms with Crippen LogP contribution in [0.5, 0.6) is 0 Å². The Kier molecular flexibility index (Phi) is 4.80. The highest BCUT2D eigenvalue weighted by atomic mass is 35.5. The Morgan fingerprint density at radius 1 is 1.24 bits per heavy atom. The van der Waals surface area contributed by atoms with E-state index in [4.69, 9.17) is 23.2 Å². The molecule has 1 aliphatic heterocycles. The van der Waals surface area contributed by atoms with Gasteiger partial charge in [-0.25, -0.2) is 0 Å². The largest absolute Gasteiger partial charge is 0.316 e. The lowest BCUT2D eigenvalue weighted by Crippen LogP contribution is -2.34. The molecule has 0 saturated heterocycles. The van der Waals surface area contributed by atoms with Gasteiger partial charge in [0.25, 0.3) is 0 Å². The van der Waals surface area contributed by atoms with E-state index < -0.39 is 0 Å². The summed E-state index contributed by atoms with van der Waals surface area (Å²) >= 11 is 14.2. The number of fused-ring (bicyclic) bond motifs is 1. The highest BCUT2D eigenvalue weighted by Gasteiger charge is 2.29. The number of likely N-dealkylation sites (N-methyl/N-ethyl adjacent to an activating group) is 1. The number of nitrogens with one attached hydrogen (secondary N) is 1. The molecule has 1 nitrogen and oxygen atoms in total. The van der Waals surface area contributed by atoms with Crippen LogP contribution in [0.1, 0.15) is 17.0 Å². The summed E-state index contributed by atoms with van der Waals surface area (Å²) in [5, 5.41) is 4.91. The predicted molar refractivity (Wildman–Crippen MR) is 92.9 cm³/mol. The van der Waals surface area contributed by atoms with Crippen molar-refractivity contribution in [3.63, 3.8) is 0 Å². The van der Waals surface area contributed by atoms with Crippen LogP contribution in [0.4, 0.5) is 0 Å². The first-order chi connectivity index (χ1) is 10.2. The lowest BCUT2D eigenvalue weighted by atomic mass is 9.89. The summed E-state index contributed by atoms with van der Waals surface area (Å²) in [7, 11) is 2.03. The number of halogens is 2. The maximum Gasteiger partial charge on any atom is 0.0453 e. The Labute approximate surface area is 140 Å². The number of thioether (sulfide) groups is 1. The van der Waals surface area contributed by atoms with Gasteiger partial charge in [0.05, 0.1) is 0 Å². The maximum absolute atomic E-state index is 6.32. The van der Waals surface area contributed by atoms with Gasteiger partial charge < -0.3 is 5.32 Å². The van der Waals surface area contributed by atoms with Crippen LogP contribution in [0, 0.1) is 0 Å². The van der Waals surface area contributed by atoms with Crippen molar-refractivity contribution in [2.75, 3.05) is 12.8 Å². The van der Waals surface area contributed by atoms with Crippen molar-refractivity contribution in [3.05, 3.63) is 63.6 Å². The Bertz CT molecular complexity index is 644. The van der Waals surface area contributed by atoms with E-state index >= 15 is 0 Å². The van der Waals surface area contributed by atoms with E-state index in [1.165, 1.54) is 10.5 Å². The molecule has 110 valence electrons. The van der Waals surface area contributed by atoms with Gasteiger partial charge in [-0.2, -0.15) is 0 Å². The van der Waals surface area contributed by atoms with Gasteiger partial charge in [-0.05, 0) is 42.8 Å². The zero-order chi connectivity index (χ0) is 14.8. The van der Waals surface area contributed by atoms with Gasteiger partial charge in [0, 0.05) is 32.7 Å². The fourth-order valence-corrected chi connectivity index (χ4v) is 4.71. The van der Waals surface area contributed by atoms with E-state index in [9.17, 15) is 0 Å². The third kappa shape index (κ3) is 3.24. The Hall–Kier alpha value is -0.670. The highest BCUT2D eigenvalue weighted by Crippen LogP contribution is 2.41. The molecule has 1 N–H and O–H groups in total. The van der Waals surface area contributed by atoms with Crippen molar-refractivity contribution in [3.8, 4) is 0 Å². The molecule has 2 atom stereocenters. The molecule has 4 heteroatoms. The minimum atomic E-state index is 0.375. The summed E-state index contributed by atoms with van der Waals surface area (Å²) in [6.07, 6.45) is 0.909. The van der Waals surface area contributed by atoms with Crippen LogP contribution in [0.2, 0.25) is 10.0 Å². The molecule has 0 radical (unpaired) electrons. The smallest absolute Gasteiger partial charge is 0.0453 e. The molecule has 0 aliphatic carbocycles. The fourth-order valence-electron chi connectivity index (χ4n) is 2.89. The molecule has 2 aromatic rings. The summed E-state index contributed by atoms with van der Waals surface area (Å²) in [5.41, 5.74) is 2.60. The normalized spacial score (nSPS) is 18.5. The molecule has 2 unspecified atom stereocenters. The third-order valence-corrected chi connectivity index (χ3v) is 5.84. The van der Waals surface area contributed by atoms with Gasteiger partial charge in [0.2, 0.25) is 0 Å². The fraction of sp³-hybridized carbons (Fsp3) is 0.294. The van der Waals surface area contributed by atoms with Crippen LogP contribution in [-0.2, 0) is 6.42 Å². The first kappa shape index (κ1) is 15.2. The molecule has 0 aromatic heterocycles. The molecule has 0 fully saturated rings. The van der Waals surface area contributed by atoms with E-state index in [0.29, 0.717) is 17.0 Å². The quantitative estimate of drug-likeness (QED) is 0.841. The summed E-state index contributed by atoms with van der Waals surface area (Å²) in [6.45, 7) is 0. The van der Waals surface area contributed by atoms with Gasteiger partial charge in [0.15, 0.2) is 0 Å². The second-order valence-corrected chi connectivity index (χ2v) is 7.20. The molecule has 3 rings (SSSR count). The molecule has 0 amide bonds. The van der Waals surface area contributed by atoms with Crippen molar-refractivity contribution in [1.82, 2.24) is 5.32 Å². The molecule has 0 spiro atoms. The molecular formula is C17H17Cl2NS. The van der Waals surface area contributed by atoms with Crippen molar-refractivity contribution in [2.45, 2.75) is 23.3 Å². The van der Waals surface area contributed by atoms with E-state index in [2.05, 4.69) is 29.6 Å². The first-order valence-corrected chi connectivity index (χ1v) is 8.76. The number of benzene rings is 2. The number of hydrogen-bond acceptors (Lipinski definition) is 2. The Balaban J connectivity index is 1.83. The molecule has 1 heterocycles. The SMILES string of the molecule is CNC(Cc1ccc(Cl)cc1Cl)C1CSc2ccccc21. The second-order valence-electron chi connectivity index (χ2n) is 5.29. The highest BCUT2D eigenvalue weighted by molar-refractivity contribution is 7.99. The lowest BCUT2D eigenvalue weighted by Gasteiger charge is -2.24. The molecular weight excluding hydrogens is 321 g/mol. The van der Waals surface area contributed by atoms with Gasteiger partial charge in [0.1, 0.15) is 0 Å². The topological polar surface area (TPSA) is 12.0 Å². The molecule has 2 aromatic carbocycles. The van der Waals surface area contributed by atoms with Crippen molar-refractivity contribution in [1.29, 1.82) is 0 Å². The molecule has 0 bridgehead atoms. The maximum atomic E-state index is 6.32. The van der Waals surface area contributed by atoms with Crippen LogP contribution in [0.15, 0.2) is 47.4 Å². The van der Waals surface area contributed by atoms with E-state index in [1.807, 2.05) is 37.0 Å². The summed E-state index contributed by atoms with van der Waals surface area (Å²) < 4.78 is 0. The first-order valence-electron chi connectivity index (χ1n) is 7.02. The average Bonchev–Trinajstić information content (AvgIpc) is 2.91. The Morgan fingerprint density at radius 2 is 2.05 bits per heavy atom. The van der Waals surface area contributed by atoms with E-state index in [1.54, 1.807) is 0 Å². The summed E-state index contributed by atoms with van der Waals surface area (Å²) in [6, 6.07) is 14.8.